The largest absolute Gasteiger partial charge is 0.374 e. The molecule has 0 heterocycles. The van der Waals surface area contributed by atoms with Gasteiger partial charge in [0, 0.05) is 6.54 Å². The highest BCUT2D eigenvalue weighted by Crippen LogP contribution is 2.16. The molecule has 0 atom stereocenters. The SMILES string of the molecule is CC(C)OCc1ccccc1CNC(=O)Cc1ccc2ccccc2c1. The molecule has 3 heteroatoms. The molecule has 1 amide bonds. The van der Waals surface area contributed by atoms with Gasteiger partial charge in [0.15, 0.2) is 0 Å². The van der Waals surface area contributed by atoms with Gasteiger partial charge in [-0.25, -0.2) is 0 Å². The first-order valence-electron chi connectivity index (χ1n) is 9.04. The predicted molar refractivity (Wildman–Crippen MR) is 106 cm³/mol. The van der Waals surface area contributed by atoms with Gasteiger partial charge in [-0.05, 0) is 41.3 Å². The lowest BCUT2D eigenvalue weighted by Gasteiger charge is -2.13. The van der Waals surface area contributed by atoms with E-state index in [4.69, 9.17) is 4.74 Å². The first-order valence-corrected chi connectivity index (χ1v) is 9.04. The molecule has 0 aromatic heterocycles. The summed E-state index contributed by atoms with van der Waals surface area (Å²) in [5.41, 5.74) is 3.24. The summed E-state index contributed by atoms with van der Waals surface area (Å²) in [6, 6.07) is 22.4. The number of carbonyl (C=O) groups is 1. The third-order valence-corrected chi connectivity index (χ3v) is 4.35. The molecular weight excluding hydrogens is 322 g/mol. The fraction of sp³-hybridized carbons (Fsp3) is 0.261. The van der Waals surface area contributed by atoms with Gasteiger partial charge in [-0.2, -0.15) is 0 Å². The van der Waals surface area contributed by atoms with E-state index in [0.717, 1.165) is 22.1 Å². The van der Waals surface area contributed by atoms with Crippen molar-refractivity contribution in [1.82, 2.24) is 5.32 Å². The summed E-state index contributed by atoms with van der Waals surface area (Å²) in [6.45, 7) is 5.13. The second kappa shape index (κ2) is 8.63. The van der Waals surface area contributed by atoms with Crippen molar-refractivity contribution in [2.75, 3.05) is 0 Å². The molecular formula is C23H25NO2. The molecule has 0 saturated carbocycles. The summed E-state index contributed by atoms with van der Waals surface area (Å²) in [5.74, 6) is 0.0277. The lowest BCUT2D eigenvalue weighted by molar-refractivity contribution is -0.120. The maximum absolute atomic E-state index is 12.4. The normalized spacial score (nSPS) is 11.0. The number of benzene rings is 3. The van der Waals surface area contributed by atoms with Crippen LogP contribution in [0.1, 0.15) is 30.5 Å². The van der Waals surface area contributed by atoms with Crippen molar-refractivity contribution in [1.29, 1.82) is 0 Å². The molecule has 0 saturated heterocycles. The Bertz CT molecular complexity index is 886. The van der Waals surface area contributed by atoms with Crippen LogP contribution in [0.3, 0.4) is 0 Å². The van der Waals surface area contributed by atoms with E-state index in [1.165, 1.54) is 5.39 Å². The van der Waals surface area contributed by atoms with Gasteiger partial charge >= 0.3 is 0 Å². The number of hydrogen-bond acceptors (Lipinski definition) is 2. The van der Waals surface area contributed by atoms with E-state index in [-0.39, 0.29) is 12.0 Å². The average molecular weight is 347 g/mol. The van der Waals surface area contributed by atoms with Crippen LogP contribution in [0.5, 0.6) is 0 Å². The maximum Gasteiger partial charge on any atom is 0.224 e. The minimum absolute atomic E-state index is 0.0277. The first kappa shape index (κ1) is 18.2. The second-order valence-corrected chi connectivity index (χ2v) is 6.76. The van der Waals surface area contributed by atoms with E-state index < -0.39 is 0 Å². The summed E-state index contributed by atoms with van der Waals surface area (Å²) < 4.78 is 5.70. The molecule has 3 aromatic rings. The fourth-order valence-electron chi connectivity index (χ4n) is 2.92. The lowest BCUT2D eigenvalue weighted by Crippen LogP contribution is -2.25. The lowest BCUT2D eigenvalue weighted by atomic mass is 10.0. The molecule has 0 fully saturated rings. The van der Waals surface area contributed by atoms with Gasteiger partial charge in [-0.1, -0.05) is 66.7 Å². The van der Waals surface area contributed by atoms with Gasteiger partial charge in [0.25, 0.3) is 0 Å². The number of rotatable bonds is 7. The third kappa shape index (κ3) is 4.93. The van der Waals surface area contributed by atoms with Gasteiger partial charge in [-0.15, -0.1) is 0 Å². The van der Waals surface area contributed by atoms with Crippen molar-refractivity contribution in [3.05, 3.63) is 83.4 Å². The van der Waals surface area contributed by atoms with Crippen LogP contribution >= 0.6 is 0 Å². The van der Waals surface area contributed by atoms with Gasteiger partial charge in [0.05, 0.1) is 19.1 Å². The highest BCUT2D eigenvalue weighted by molar-refractivity contribution is 5.85. The predicted octanol–water partition coefficient (Wildman–Crippen LogP) is 4.62. The number of carbonyl (C=O) groups excluding carboxylic acids is 1. The first-order chi connectivity index (χ1) is 12.6. The van der Waals surface area contributed by atoms with Crippen LogP contribution in [0.15, 0.2) is 66.7 Å². The van der Waals surface area contributed by atoms with Crippen LogP contribution in [0, 0.1) is 0 Å². The molecule has 0 bridgehead atoms. The van der Waals surface area contributed by atoms with E-state index in [1.54, 1.807) is 0 Å². The molecule has 26 heavy (non-hydrogen) atoms. The van der Waals surface area contributed by atoms with E-state index in [2.05, 4.69) is 29.6 Å². The molecule has 0 aliphatic heterocycles. The molecule has 0 aliphatic carbocycles. The quantitative estimate of drug-likeness (QED) is 0.677. The Morgan fingerprint density at radius 2 is 1.62 bits per heavy atom. The standard InChI is InChI=1S/C23H25NO2/c1-17(2)26-16-22-10-6-5-9-21(22)15-24-23(25)14-18-11-12-19-7-3-4-8-20(19)13-18/h3-13,17H,14-16H2,1-2H3,(H,24,25). The summed E-state index contributed by atoms with van der Waals surface area (Å²) >= 11 is 0. The number of nitrogens with one attached hydrogen (secondary N) is 1. The Balaban J connectivity index is 1.60. The maximum atomic E-state index is 12.4. The Hall–Kier alpha value is -2.65. The molecule has 1 N–H and O–H groups in total. The average Bonchev–Trinajstić information content (AvgIpc) is 2.65. The van der Waals surface area contributed by atoms with E-state index in [1.807, 2.05) is 56.3 Å². The molecule has 0 unspecified atom stereocenters. The van der Waals surface area contributed by atoms with Crippen molar-refractivity contribution >= 4 is 16.7 Å². The van der Waals surface area contributed by atoms with Gasteiger partial charge in [0.2, 0.25) is 5.91 Å². The number of ether oxygens (including phenoxy) is 1. The minimum Gasteiger partial charge on any atom is -0.374 e. The Morgan fingerprint density at radius 1 is 0.923 bits per heavy atom. The highest BCUT2D eigenvalue weighted by Gasteiger charge is 2.07. The topological polar surface area (TPSA) is 38.3 Å². The van der Waals surface area contributed by atoms with Crippen LogP contribution in [0.2, 0.25) is 0 Å². The van der Waals surface area contributed by atoms with Gasteiger partial charge in [0.1, 0.15) is 0 Å². The zero-order valence-corrected chi connectivity index (χ0v) is 15.4. The van der Waals surface area contributed by atoms with Crippen LogP contribution in [0.4, 0.5) is 0 Å². The summed E-state index contributed by atoms with van der Waals surface area (Å²) in [5, 5.41) is 5.38. The Kier molecular flexibility index (Phi) is 6.03. The molecule has 3 nitrogen and oxygen atoms in total. The van der Waals surface area contributed by atoms with Crippen molar-refractivity contribution in [3.63, 3.8) is 0 Å². The van der Waals surface area contributed by atoms with Crippen LogP contribution in [0.25, 0.3) is 10.8 Å². The smallest absolute Gasteiger partial charge is 0.224 e. The van der Waals surface area contributed by atoms with Crippen molar-refractivity contribution < 1.29 is 9.53 Å². The zero-order chi connectivity index (χ0) is 18.4. The molecule has 134 valence electrons. The Morgan fingerprint density at radius 3 is 2.38 bits per heavy atom. The Labute approximate surface area is 155 Å². The number of fused-ring (bicyclic) bond motifs is 1. The van der Waals surface area contributed by atoms with Gasteiger partial charge in [-0.3, -0.25) is 4.79 Å². The van der Waals surface area contributed by atoms with Crippen molar-refractivity contribution in [3.8, 4) is 0 Å². The molecule has 3 aromatic carbocycles. The van der Waals surface area contributed by atoms with E-state index >= 15 is 0 Å². The molecule has 0 radical (unpaired) electrons. The van der Waals surface area contributed by atoms with Crippen LogP contribution in [-0.2, 0) is 29.1 Å². The molecule has 0 aliphatic rings. The third-order valence-electron chi connectivity index (χ3n) is 4.35. The van der Waals surface area contributed by atoms with Crippen molar-refractivity contribution in [2.45, 2.75) is 39.5 Å². The summed E-state index contributed by atoms with van der Waals surface area (Å²) in [7, 11) is 0. The van der Waals surface area contributed by atoms with Gasteiger partial charge < -0.3 is 10.1 Å². The van der Waals surface area contributed by atoms with Crippen molar-refractivity contribution in [2.24, 2.45) is 0 Å². The number of hydrogen-bond donors (Lipinski definition) is 1. The summed E-state index contributed by atoms with van der Waals surface area (Å²) in [6.07, 6.45) is 0.570. The van der Waals surface area contributed by atoms with E-state index in [9.17, 15) is 4.79 Å². The fourth-order valence-corrected chi connectivity index (χ4v) is 2.92. The zero-order valence-electron chi connectivity index (χ0n) is 15.4. The van der Waals surface area contributed by atoms with Crippen LogP contribution in [-0.4, -0.2) is 12.0 Å². The molecule has 0 spiro atoms. The number of amides is 1. The monoisotopic (exact) mass is 347 g/mol. The highest BCUT2D eigenvalue weighted by atomic mass is 16.5. The second-order valence-electron chi connectivity index (χ2n) is 6.76. The van der Waals surface area contributed by atoms with Crippen LogP contribution < -0.4 is 5.32 Å². The summed E-state index contributed by atoms with van der Waals surface area (Å²) in [4.78, 5) is 12.4. The minimum atomic E-state index is 0.0277. The van der Waals surface area contributed by atoms with E-state index in [0.29, 0.717) is 19.6 Å². The molecule has 3 rings (SSSR count).